The predicted octanol–water partition coefficient (Wildman–Crippen LogP) is 3.01. The first-order valence-electron chi connectivity index (χ1n) is 5.52. The fourth-order valence-corrected chi connectivity index (χ4v) is 1.62. The van der Waals surface area contributed by atoms with Gasteiger partial charge in [-0.25, -0.2) is 4.98 Å². The van der Waals surface area contributed by atoms with Crippen molar-refractivity contribution in [2.75, 3.05) is 12.4 Å². The van der Waals surface area contributed by atoms with Gasteiger partial charge in [0, 0.05) is 0 Å². The summed E-state index contributed by atoms with van der Waals surface area (Å²) in [6.45, 7) is 2.00. The lowest BCUT2D eigenvalue weighted by Crippen LogP contribution is -1.98. The maximum Gasteiger partial charge on any atom is 0.142 e. The van der Waals surface area contributed by atoms with Crippen molar-refractivity contribution in [2.24, 2.45) is 0 Å². The molecule has 4 heteroatoms. The molecule has 0 atom stereocenters. The van der Waals surface area contributed by atoms with Gasteiger partial charge in [-0.3, -0.25) is 0 Å². The average Bonchev–Trinajstić information content (AvgIpc) is 2.39. The molecule has 0 unspecified atom stereocenters. The van der Waals surface area contributed by atoms with Crippen LogP contribution < -0.4 is 10.1 Å². The third-order valence-corrected chi connectivity index (χ3v) is 2.48. The maximum atomic E-state index is 8.81. The molecule has 0 aliphatic heterocycles. The van der Waals surface area contributed by atoms with Crippen LogP contribution in [-0.4, -0.2) is 12.1 Å². The average molecular weight is 239 g/mol. The van der Waals surface area contributed by atoms with E-state index in [-0.39, 0.29) is 0 Å². The van der Waals surface area contributed by atoms with E-state index < -0.39 is 0 Å². The van der Waals surface area contributed by atoms with Crippen molar-refractivity contribution in [3.05, 3.63) is 47.7 Å². The van der Waals surface area contributed by atoms with E-state index >= 15 is 0 Å². The third-order valence-electron chi connectivity index (χ3n) is 2.48. The fraction of sp³-hybridized carbons (Fsp3) is 0.143. The van der Waals surface area contributed by atoms with Crippen molar-refractivity contribution < 1.29 is 4.74 Å². The highest BCUT2D eigenvalue weighted by atomic mass is 16.5. The number of anilines is 2. The van der Waals surface area contributed by atoms with Gasteiger partial charge >= 0.3 is 0 Å². The minimum atomic E-state index is 0.381. The maximum absolute atomic E-state index is 8.81. The molecule has 0 saturated heterocycles. The molecule has 1 heterocycles. The summed E-state index contributed by atoms with van der Waals surface area (Å²) in [6, 6.07) is 13.1. The SMILES string of the molecule is COc1ccc(C)cc1Nc1cccc(C#N)n1. The molecule has 2 rings (SSSR count). The minimum absolute atomic E-state index is 0.381. The van der Waals surface area contributed by atoms with Crippen LogP contribution in [0.25, 0.3) is 0 Å². The van der Waals surface area contributed by atoms with Crippen LogP contribution in [0.5, 0.6) is 5.75 Å². The Balaban J connectivity index is 2.33. The number of rotatable bonds is 3. The highest BCUT2D eigenvalue weighted by Gasteiger charge is 2.04. The Kier molecular flexibility index (Phi) is 3.44. The number of nitrogens with one attached hydrogen (secondary N) is 1. The largest absolute Gasteiger partial charge is 0.495 e. The smallest absolute Gasteiger partial charge is 0.142 e. The van der Waals surface area contributed by atoms with Crippen LogP contribution in [-0.2, 0) is 0 Å². The predicted molar refractivity (Wildman–Crippen MR) is 70.0 cm³/mol. The molecule has 1 aromatic heterocycles. The highest BCUT2D eigenvalue weighted by molar-refractivity contribution is 5.65. The Bertz CT molecular complexity index is 602. The summed E-state index contributed by atoms with van der Waals surface area (Å²) < 4.78 is 5.27. The molecule has 0 amide bonds. The number of hydrogen-bond donors (Lipinski definition) is 1. The van der Waals surface area contributed by atoms with Crippen molar-refractivity contribution in [3.8, 4) is 11.8 Å². The number of ether oxygens (including phenoxy) is 1. The van der Waals surface area contributed by atoms with E-state index in [1.54, 1.807) is 19.2 Å². The van der Waals surface area contributed by atoms with E-state index in [0.717, 1.165) is 17.0 Å². The zero-order chi connectivity index (χ0) is 13.0. The second kappa shape index (κ2) is 5.19. The summed E-state index contributed by atoms with van der Waals surface area (Å²) in [4.78, 5) is 4.16. The third kappa shape index (κ3) is 2.58. The summed E-state index contributed by atoms with van der Waals surface area (Å²) in [5.74, 6) is 1.36. The molecule has 18 heavy (non-hydrogen) atoms. The Labute approximate surface area is 106 Å². The molecule has 0 fully saturated rings. The van der Waals surface area contributed by atoms with E-state index in [4.69, 9.17) is 10.00 Å². The summed E-state index contributed by atoms with van der Waals surface area (Å²) >= 11 is 0. The van der Waals surface area contributed by atoms with Crippen LogP contribution in [0.1, 0.15) is 11.3 Å². The van der Waals surface area contributed by atoms with Gasteiger partial charge in [0.05, 0.1) is 12.8 Å². The van der Waals surface area contributed by atoms with Gasteiger partial charge < -0.3 is 10.1 Å². The van der Waals surface area contributed by atoms with Crippen LogP contribution in [0.2, 0.25) is 0 Å². The van der Waals surface area contributed by atoms with E-state index in [1.165, 1.54) is 0 Å². The Morgan fingerprint density at radius 3 is 2.83 bits per heavy atom. The van der Waals surface area contributed by atoms with E-state index in [0.29, 0.717) is 11.5 Å². The van der Waals surface area contributed by atoms with Crippen LogP contribution in [0, 0.1) is 18.3 Å². The normalized spacial score (nSPS) is 9.61. The topological polar surface area (TPSA) is 57.9 Å². The first-order chi connectivity index (χ1) is 8.72. The molecule has 0 radical (unpaired) electrons. The van der Waals surface area contributed by atoms with E-state index in [9.17, 15) is 0 Å². The second-order valence-electron chi connectivity index (χ2n) is 3.85. The number of pyridine rings is 1. The summed E-state index contributed by atoms with van der Waals surface area (Å²) in [5.41, 5.74) is 2.33. The standard InChI is InChI=1S/C14H13N3O/c1-10-6-7-13(18-2)12(8-10)17-14-5-3-4-11(9-15)16-14/h3-8H,1-2H3,(H,16,17). The highest BCUT2D eigenvalue weighted by Crippen LogP contribution is 2.27. The molecule has 0 saturated carbocycles. The van der Waals surface area contributed by atoms with Crippen molar-refractivity contribution in [1.82, 2.24) is 4.98 Å². The first kappa shape index (κ1) is 11.9. The van der Waals surface area contributed by atoms with Gasteiger partial charge in [-0.2, -0.15) is 5.26 Å². The zero-order valence-corrected chi connectivity index (χ0v) is 10.3. The number of aryl methyl sites for hydroxylation is 1. The molecule has 4 nitrogen and oxygen atoms in total. The lowest BCUT2D eigenvalue weighted by atomic mass is 10.2. The molecule has 0 spiro atoms. The Morgan fingerprint density at radius 1 is 1.28 bits per heavy atom. The summed E-state index contributed by atoms with van der Waals surface area (Å²) in [6.07, 6.45) is 0. The lowest BCUT2D eigenvalue weighted by Gasteiger charge is -2.11. The Hall–Kier alpha value is -2.54. The van der Waals surface area contributed by atoms with Gasteiger partial charge in [-0.05, 0) is 36.8 Å². The van der Waals surface area contributed by atoms with E-state index in [2.05, 4.69) is 10.3 Å². The van der Waals surface area contributed by atoms with Gasteiger partial charge in [0.15, 0.2) is 0 Å². The molecular formula is C14H13N3O. The minimum Gasteiger partial charge on any atom is -0.495 e. The van der Waals surface area contributed by atoms with Gasteiger partial charge in [-0.1, -0.05) is 12.1 Å². The summed E-state index contributed by atoms with van der Waals surface area (Å²) in [7, 11) is 1.62. The molecule has 1 N–H and O–H groups in total. The molecule has 2 aromatic rings. The van der Waals surface area contributed by atoms with Crippen molar-refractivity contribution in [3.63, 3.8) is 0 Å². The number of methoxy groups -OCH3 is 1. The molecule has 1 aromatic carbocycles. The van der Waals surface area contributed by atoms with Crippen LogP contribution >= 0.6 is 0 Å². The second-order valence-corrected chi connectivity index (χ2v) is 3.85. The van der Waals surface area contributed by atoms with Gasteiger partial charge in [-0.15, -0.1) is 0 Å². The zero-order valence-electron chi connectivity index (χ0n) is 10.3. The quantitative estimate of drug-likeness (QED) is 0.894. The molecular weight excluding hydrogens is 226 g/mol. The van der Waals surface area contributed by atoms with Crippen LogP contribution in [0.4, 0.5) is 11.5 Å². The van der Waals surface area contributed by atoms with Gasteiger partial charge in [0.1, 0.15) is 23.3 Å². The van der Waals surface area contributed by atoms with Crippen molar-refractivity contribution >= 4 is 11.5 Å². The van der Waals surface area contributed by atoms with Crippen LogP contribution in [0.3, 0.4) is 0 Å². The molecule has 90 valence electrons. The number of nitriles is 1. The molecule has 0 aliphatic rings. The molecule has 0 bridgehead atoms. The molecule has 0 aliphatic carbocycles. The van der Waals surface area contributed by atoms with Crippen molar-refractivity contribution in [1.29, 1.82) is 5.26 Å². The van der Waals surface area contributed by atoms with Gasteiger partial charge in [0.25, 0.3) is 0 Å². The monoisotopic (exact) mass is 239 g/mol. The number of benzene rings is 1. The van der Waals surface area contributed by atoms with Gasteiger partial charge in [0.2, 0.25) is 0 Å². The first-order valence-corrected chi connectivity index (χ1v) is 5.52. The fourth-order valence-electron chi connectivity index (χ4n) is 1.62. The van der Waals surface area contributed by atoms with E-state index in [1.807, 2.05) is 37.3 Å². The Morgan fingerprint density at radius 2 is 2.11 bits per heavy atom. The number of aromatic nitrogens is 1. The number of nitrogens with zero attached hydrogens (tertiary/aromatic N) is 2. The van der Waals surface area contributed by atoms with Crippen molar-refractivity contribution in [2.45, 2.75) is 6.92 Å². The van der Waals surface area contributed by atoms with Crippen LogP contribution in [0.15, 0.2) is 36.4 Å². The number of hydrogen-bond acceptors (Lipinski definition) is 4. The lowest BCUT2D eigenvalue weighted by molar-refractivity contribution is 0.416. The summed E-state index contributed by atoms with van der Waals surface area (Å²) in [5, 5.41) is 12.0.